The van der Waals surface area contributed by atoms with Gasteiger partial charge in [-0.2, -0.15) is 8.42 Å². The molecule has 20 heavy (non-hydrogen) atoms. The first kappa shape index (κ1) is 17.2. The van der Waals surface area contributed by atoms with Crippen LogP contribution in [0.15, 0.2) is 0 Å². The van der Waals surface area contributed by atoms with E-state index in [1.807, 2.05) is 0 Å². The molecule has 2 atom stereocenters. The second-order valence-corrected chi connectivity index (χ2v) is 7.84. The molecule has 0 aromatic carbocycles. The first-order chi connectivity index (χ1) is 8.99. The van der Waals surface area contributed by atoms with Crippen molar-refractivity contribution in [1.82, 2.24) is 4.90 Å². The number of nitrogens with zero attached hydrogens (tertiary/aromatic N) is 1. The molecule has 1 aliphatic rings. The molecule has 6 nitrogen and oxygen atoms in total. The van der Waals surface area contributed by atoms with Crippen molar-refractivity contribution >= 4 is 16.2 Å². The van der Waals surface area contributed by atoms with Gasteiger partial charge in [-0.3, -0.25) is 4.18 Å². The van der Waals surface area contributed by atoms with Crippen LogP contribution in [0.2, 0.25) is 0 Å². The molecular formula is C13H25NO5S. The molecule has 1 heterocycles. The van der Waals surface area contributed by atoms with Crippen LogP contribution < -0.4 is 0 Å². The molecule has 0 aliphatic carbocycles. The van der Waals surface area contributed by atoms with Gasteiger partial charge in [0, 0.05) is 6.54 Å². The second kappa shape index (κ2) is 6.30. The van der Waals surface area contributed by atoms with E-state index in [0.717, 1.165) is 25.5 Å². The molecule has 118 valence electrons. The molecule has 1 saturated heterocycles. The molecule has 1 aliphatic heterocycles. The first-order valence-electron chi connectivity index (χ1n) is 6.87. The average Bonchev–Trinajstić information content (AvgIpc) is 2.24. The number of ether oxygens (including phenoxy) is 1. The Morgan fingerprint density at radius 1 is 1.30 bits per heavy atom. The lowest BCUT2D eigenvalue weighted by Crippen LogP contribution is -2.51. The first-order valence-corrected chi connectivity index (χ1v) is 8.69. The van der Waals surface area contributed by atoms with E-state index in [9.17, 15) is 13.2 Å². The predicted octanol–water partition coefficient (Wildman–Crippen LogP) is 2.14. The fraction of sp³-hybridized carbons (Fsp3) is 0.923. The summed E-state index contributed by atoms with van der Waals surface area (Å²) < 4.78 is 32.8. The van der Waals surface area contributed by atoms with Crippen LogP contribution in [0.5, 0.6) is 0 Å². The number of hydrogen-bond acceptors (Lipinski definition) is 5. The van der Waals surface area contributed by atoms with Crippen LogP contribution in [0.4, 0.5) is 4.79 Å². The van der Waals surface area contributed by atoms with Gasteiger partial charge in [0.1, 0.15) is 5.60 Å². The summed E-state index contributed by atoms with van der Waals surface area (Å²) in [4.78, 5) is 13.8. The minimum absolute atomic E-state index is 0.270. The average molecular weight is 307 g/mol. The van der Waals surface area contributed by atoms with Crippen molar-refractivity contribution in [2.24, 2.45) is 0 Å². The van der Waals surface area contributed by atoms with E-state index in [-0.39, 0.29) is 6.04 Å². The molecule has 0 N–H and O–H groups in total. The number of hydrogen-bond donors (Lipinski definition) is 0. The lowest BCUT2D eigenvalue weighted by Gasteiger charge is -2.39. The molecule has 1 rings (SSSR count). The van der Waals surface area contributed by atoms with Crippen LogP contribution in [0.1, 0.15) is 47.0 Å². The van der Waals surface area contributed by atoms with Gasteiger partial charge >= 0.3 is 6.09 Å². The normalized spacial score (nSPS) is 22.4. The highest BCUT2D eigenvalue weighted by Crippen LogP contribution is 2.24. The molecule has 0 saturated carbocycles. The largest absolute Gasteiger partial charge is 0.444 e. The molecule has 0 radical (unpaired) electrons. The molecule has 1 amide bonds. The highest BCUT2D eigenvalue weighted by molar-refractivity contribution is 7.86. The fourth-order valence-electron chi connectivity index (χ4n) is 2.33. The predicted molar refractivity (Wildman–Crippen MR) is 76.0 cm³/mol. The van der Waals surface area contributed by atoms with Gasteiger partial charge < -0.3 is 9.64 Å². The van der Waals surface area contributed by atoms with Gasteiger partial charge in [0.2, 0.25) is 0 Å². The van der Waals surface area contributed by atoms with Gasteiger partial charge in [0.05, 0.1) is 18.4 Å². The van der Waals surface area contributed by atoms with E-state index >= 15 is 0 Å². The summed E-state index contributed by atoms with van der Waals surface area (Å²) >= 11 is 0. The summed E-state index contributed by atoms with van der Waals surface area (Å²) in [7, 11) is -3.54. The standard InChI is InChI=1S/C13H25NO5S/c1-10(19-20(5,16)17)11-8-6-7-9-14(11)12(15)18-13(2,3)4/h10-11H,6-9H2,1-5H3/t10-,11-/m1/s1. The van der Waals surface area contributed by atoms with Gasteiger partial charge in [-0.25, -0.2) is 4.79 Å². The van der Waals surface area contributed by atoms with E-state index in [4.69, 9.17) is 8.92 Å². The number of rotatable bonds is 3. The zero-order chi connectivity index (χ0) is 15.6. The summed E-state index contributed by atoms with van der Waals surface area (Å²) in [6.45, 7) is 7.66. The second-order valence-electron chi connectivity index (χ2n) is 6.24. The maximum atomic E-state index is 12.2. The third kappa shape index (κ3) is 5.66. The van der Waals surface area contributed by atoms with Crippen LogP contribution in [-0.2, 0) is 19.0 Å². The molecule has 0 aromatic heterocycles. The van der Waals surface area contributed by atoms with E-state index < -0.39 is 27.9 Å². The highest BCUT2D eigenvalue weighted by atomic mass is 32.2. The molecule has 0 bridgehead atoms. The Labute approximate surface area is 121 Å². The fourth-order valence-corrected chi connectivity index (χ4v) is 3.01. The Kier molecular flexibility index (Phi) is 5.43. The van der Waals surface area contributed by atoms with Gasteiger partial charge in [0.25, 0.3) is 10.1 Å². The summed E-state index contributed by atoms with van der Waals surface area (Å²) in [5.41, 5.74) is -0.569. The quantitative estimate of drug-likeness (QED) is 0.747. The third-order valence-corrected chi connectivity index (χ3v) is 3.70. The Balaban J connectivity index is 2.78. The number of amides is 1. The molecule has 7 heteroatoms. The summed E-state index contributed by atoms with van der Waals surface area (Å²) in [6.07, 6.45) is 2.59. The zero-order valence-electron chi connectivity index (χ0n) is 12.9. The van der Waals surface area contributed by atoms with Crippen molar-refractivity contribution < 1.29 is 22.1 Å². The Morgan fingerprint density at radius 3 is 2.40 bits per heavy atom. The van der Waals surface area contributed by atoms with Gasteiger partial charge in [0.15, 0.2) is 0 Å². The van der Waals surface area contributed by atoms with Crippen molar-refractivity contribution in [3.8, 4) is 0 Å². The molecular weight excluding hydrogens is 282 g/mol. The summed E-state index contributed by atoms with van der Waals surface area (Å²) in [6, 6.07) is -0.270. The summed E-state index contributed by atoms with van der Waals surface area (Å²) in [5.74, 6) is 0. The Morgan fingerprint density at radius 2 is 1.90 bits per heavy atom. The van der Waals surface area contributed by atoms with E-state index in [0.29, 0.717) is 6.54 Å². The summed E-state index contributed by atoms with van der Waals surface area (Å²) in [5, 5.41) is 0. The molecule has 1 fully saturated rings. The lowest BCUT2D eigenvalue weighted by atomic mass is 9.99. The minimum Gasteiger partial charge on any atom is -0.444 e. The van der Waals surface area contributed by atoms with Crippen LogP contribution in [0.3, 0.4) is 0 Å². The maximum Gasteiger partial charge on any atom is 0.410 e. The van der Waals surface area contributed by atoms with Crippen LogP contribution >= 0.6 is 0 Å². The van der Waals surface area contributed by atoms with Gasteiger partial charge in [-0.1, -0.05) is 0 Å². The topological polar surface area (TPSA) is 72.9 Å². The van der Waals surface area contributed by atoms with E-state index in [1.165, 1.54) is 0 Å². The van der Waals surface area contributed by atoms with Crippen molar-refractivity contribution in [3.63, 3.8) is 0 Å². The van der Waals surface area contributed by atoms with Crippen LogP contribution in [-0.4, -0.2) is 50.0 Å². The number of carbonyl (C=O) groups is 1. The van der Waals surface area contributed by atoms with Gasteiger partial charge in [-0.15, -0.1) is 0 Å². The molecule has 0 unspecified atom stereocenters. The van der Waals surface area contributed by atoms with Crippen molar-refractivity contribution in [3.05, 3.63) is 0 Å². The third-order valence-electron chi connectivity index (χ3n) is 3.05. The van der Waals surface area contributed by atoms with Crippen molar-refractivity contribution in [2.75, 3.05) is 12.8 Å². The van der Waals surface area contributed by atoms with Crippen LogP contribution in [0, 0.1) is 0 Å². The number of likely N-dealkylation sites (tertiary alicyclic amines) is 1. The van der Waals surface area contributed by atoms with Crippen molar-refractivity contribution in [2.45, 2.75) is 64.7 Å². The van der Waals surface area contributed by atoms with Crippen molar-refractivity contribution in [1.29, 1.82) is 0 Å². The Hall–Kier alpha value is -0.820. The van der Waals surface area contributed by atoms with E-state index in [1.54, 1.807) is 32.6 Å². The Bertz CT molecular complexity index is 440. The monoisotopic (exact) mass is 307 g/mol. The number of piperidine rings is 1. The van der Waals surface area contributed by atoms with Crippen LogP contribution in [0.25, 0.3) is 0 Å². The van der Waals surface area contributed by atoms with Gasteiger partial charge in [-0.05, 0) is 47.0 Å². The van der Waals surface area contributed by atoms with E-state index in [2.05, 4.69) is 0 Å². The molecule has 0 spiro atoms. The maximum absolute atomic E-state index is 12.2. The number of carbonyl (C=O) groups excluding carboxylic acids is 1. The highest BCUT2D eigenvalue weighted by Gasteiger charge is 2.35. The zero-order valence-corrected chi connectivity index (χ0v) is 13.7. The SMILES string of the molecule is C[C@@H](OS(C)(=O)=O)[C@H]1CCCCN1C(=O)OC(C)(C)C. The lowest BCUT2D eigenvalue weighted by molar-refractivity contribution is -0.00719. The smallest absolute Gasteiger partial charge is 0.410 e. The minimum atomic E-state index is -3.54. The molecule has 0 aromatic rings.